The number of fused-ring (bicyclic) bond motifs is 2. The third-order valence-electron chi connectivity index (χ3n) is 6.36. The average Bonchev–Trinajstić information content (AvgIpc) is 2.73. The predicted molar refractivity (Wildman–Crippen MR) is 95.1 cm³/mol. The van der Waals surface area contributed by atoms with Crippen LogP contribution < -0.4 is 0 Å². The van der Waals surface area contributed by atoms with Crippen LogP contribution in [0, 0.1) is 5.41 Å². The van der Waals surface area contributed by atoms with Crippen LogP contribution in [-0.4, -0.2) is 92.5 Å². The topological polar surface area (TPSA) is 146 Å². The molecular weight excluding hydrogens is 372 g/mol. The Labute approximate surface area is 163 Å². The second-order valence-corrected chi connectivity index (χ2v) is 8.64. The zero-order valence-corrected chi connectivity index (χ0v) is 16.3. The number of ether oxygens (including phenoxy) is 3. The molecule has 0 amide bonds. The first kappa shape index (κ1) is 21.8. The quantitative estimate of drug-likeness (QED) is 0.352. The van der Waals surface area contributed by atoms with Crippen molar-refractivity contribution in [2.75, 3.05) is 13.2 Å². The van der Waals surface area contributed by atoms with E-state index in [1.54, 1.807) is 26.0 Å². The molecule has 1 aliphatic carbocycles. The van der Waals surface area contributed by atoms with Crippen LogP contribution in [0.25, 0.3) is 0 Å². The van der Waals surface area contributed by atoms with Gasteiger partial charge in [0.2, 0.25) is 0 Å². The van der Waals surface area contributed by atoms with Crippen molar-refractivity contribution in [3.8, 4) is 0 Å². The Bertz CT molecular complexity index is 613. The van der Waals surface area contributed by atoms with Crippen LogP contribution in [0.15, 0.2) is 12.2 Å². The van der Waals surface area contributed by atoms with Gasteiger partial charge < -0.3 is 39.7 Å². The summed E-state index contributed by atoms with van der Waals surface area (Å²) in [5, 5.41) is 50.4. The minimum Gasteiger partial charge on any atom is -0.394 e. The first-order valence-corrected chi connectivity index (χ1v) is 9.50. The van der Waals surface area contributed by atoms with Crippen molar-refractivity contribution >= 4 is 5.78 Å². The van der Waals surface area contributed by atoms with Gasteiger partial charge in [-0.15, -0.1) is 0 Å². The lowest BCUT2D eigenvalue weighted by Crippen LogP contribution is -2.60. The molecule has 2 heterocycles. The van der Waals surface area contributed by atoms with E-state index in [0.29, 0.717) is 0 Å². The number of carbonyl (C=O) groups is 1. The van der Waals surface area contributed by atoms with Gasteiger partial charge >= 0.3 is 0 Å². The molecule has 0 unspecified atom stereocenters. The van der Waals surface area contributed by atoms with Gasteiger partial charge in [0.15, 0.2) is 6.29 Å². The van der Waals surface area contributed by atoms with Crippen molar-refractivity contribution in [1.82, 2.24) is 0 Å². The molecule has 28 heavy (non-hydrogen) atoms. The average molecular weight is 402 g/mol. The van der Waals surface area contributed by atoms with E-state index in [1.807, 2.05) is 6.92 Å². The molecule has 2 aliphatic heterocycles. The molecule has 3 fully saturated rings. The summed E-state index contributed by atoms with van der Waals surface area (Å²) < 4.78 is 16.7. The van der Waals surface area contributed by atoms with Gasteiger partial charge in [0, 0.05) is 18.3 Å². The maximum Gasteiger partial charge on any atom is 0.187 e. The van der Waals surface area contributed by atoms with Crippen LogP contribution in [0.3, 0.4) is 0 Å². The second kappa shape index (κ2) is 7.41. The summed E-state index contributed by atoms with van der Waals surface area (Å²) >= 11 is 0. The highest BCUT2D eigenvalue weighted by atomic mass is 16.7. The Morgan fingerprint density at radius 2 is 1.89 bits per heavy atom. The molecule has 0 spiro atoms. The van der Waals surface area contributed by atoms with Gasteiger partial charge in [0.25, 0.3) is 0 Å². The third kappa shape index (κ3) is 3.33. The van der Waals surface area contributed by atoms with Gasteiger partial charge in [-0.2, -0.15) is 0 Å². The second-order valence-electron chi connectivity index (χ2n) is 8.64. The number of Topliss-reactive ketones (excluding diaryl/α,β-unsaturated/α-hetero) is 1. The Hall–Kier alpha value is -0.910. The molecule has 0 aromatic rings. The summed E-state index contributed by atoms with van der Waals surface area (Å²) in [7, 11) is 0. The molecule has 3 aliphatic rings. The molecule has 5 N–H and O–H groups in total. The van der Waals surface area contributed by atoms with Crippen molar-refractivity contribution < 1.29 is 44.5 Å². The standard InChI is InChI=1S/C19H30O9/c1-10(27-16-15(24)14(23)13(22)12(8-20)28-16)4-5-19(25)17(2)6-11(21)7-18(19,3)26-9-17/h4-5,10,12-16,20,22-25H,6-9H2,1-3H3/b5-4+/t10-,12+,13+,14-,15+,16+,17+,18-,19-/m0/s1. The van der Waals surface area contributed by atoms with Crippen LogP contribution in [-0.2, 0) is 19.0 Å². The molecule has 160 valence electrons. The smallest absolute Gasteiger partial charge is 0.187 e. The number of hydrogen-bond acceptors (Lipinski definition) is 9. The fourth-order valence-electron chi connectivity index (χ4n) is 4.51. The molecule has 0 aromatic carbocycles. The van der Waals surface area contributed by atoms with Crippen LogP contribution in [0.5, 0.6) is 0 Å². The zero-order chi connectivity index (χ0) is 20.9. The number of rotatable bonds is 5. The van der Waals surface area contributed by atoms with Gasteiger partial charge in [0.05, 0.1) is 19.3 Å². The van der Waals surface area contributed by atoms with E-state index in [-0.39, 0.29) is 25.2 Å². The van der Waals surface area contributed by atoms with Crippen LogP contribution >= 0.6 is 0 Å². The summed E-state index contributed by atoms with van der Waals surface area (Å²) in [6, 6.07) is 0. The van der Waals surface area contributed by atoms with Gasteiger partial charge in [-0.3, -0.25) is 4.79 Å². The van der Waals surface area contributed by atoms with Gasteiger partial charge in [-0.05, 0) is 13.8 Å². The monoisotopic (exact) mass is 402 g/mol. The Morgan fingerprint density at radius 1 is 1.21 bits per heavy atom. The fraction of sp³-hybridized carbons (Fsp3) is 0.842. The minimum atomic E-state index is -1.53. The fourth-order valence-corrected chi connectivity index (χ4v) is 4.51. The van der Waals surface area contributed by atoms with Crippen LogP contribution in [0.2, 0.25) is 0 Å². The highest BCUT2D eigenvalue weighted by Gasteiger charge is 2.67. The van der Waals surface area contributed by atoms with E-state index in [0.717, 1.165) is 0 Å². The van der Waals surface area contributed by atoms with E-state index in [4.69, 9.17) is 14.2 Å². The van der Waals surface area contributed by atoms with Crippen molar-refractivity contribution in [1.29, 1.82) is 0 Å². The first-order chi connectivity index (χ1) is 13.0. The number of hydrogen-bond donors (Lipinski definition) is 5. The normalized spacial score (nSPS) is 50.3. The van der Waals surface area contributed by atoms with Crippen molar-refractivity contribution in [2.45, 2.75) is 81.6 Å². The Balaban J connectivity index is 1.72. The molecule has 1 saturated carbocycles. The molecule has 9 nitrogen and oxygen atoms in total. The van der Waals surface area contributed by atoms with Crippen LogP contribution in [0.1, 0.15) is 33.6 Å². The molecular formula is C19H30O9. The molecule has 9 heteroatoms. The minimum absolute atomic E-state index is 0.0474. The predicted octanol–water partition coefficient (Wildman–Crippen LogP) is -1.36. The Kier molecular flexibility index (Phi) is 5.76. The number of ketones is 1. The van der Waals surface area contributed by atoms with E-state index in [9.17, 15) is 30.3 Å². The lowest BCUT2D eigenvalue weighted by Gasteiger charge is -2.47. The lowest BCUT2D eigenvalue weighted by atomic mass is 9.59. The third-order valence-corrected chi connectivity index (χ3v) is 6.36. The number of carbonyl (C=O) groups excluding carboxylic acids is 1. The van der Waals surface area contributed by atoms with E-state index in [1.165, 1.54) is 0 Å². The summed E-state index contributed by atoms with van der Waals surface area (Å²) in [4.78, 5) is 12.0. The van der Waals surface area contributed by atoms with Gasteiger partial charge in [0.1, 0.15) is 41.4 Å². The van der Waals surface area contributed by atoms with E-state index >= 15 is 0 Å². The maximum absolute atomic E-state index is 12.0. The SMILES string of the molecule is C[C@@H](/C=C/[C@]1(O)[C@@]2(C)CO[C@@]1(C)CC(=O)C2)O[C@@H]1O[C@H](CO)[C@@H](O)[C@H](O)[C@H]1O. The van der Waals surface area contributed by atoms with Crippen molar-refractivity contribution in [2.24, 2.45) is 5.41 Å². The summed E-state index contributed by atoms with van der Waals surface area (Å²) in [5.74, 6) is 0.0474. The summed E-state index contributed by atoms with van der Waals surface area (Å²) in [6.07, 6.45) is -3.97. The van der Waals surface area contributed by atoms with Crippen molar-refractivity contribution in [3.05, 3.63) is 12.2 Å². The van der Waals surface area contributed by atoms with Crippen LogP contribution in [0.4, 0.5) is 0 Å². The highest BCUT2D eigenvalue weighted by molar-refractivity contribution is 5.83. The number of aliphatic hydroxyl groups is 5. The summed E-state index contributed by atoms with van der Waals surface area (Å²) in [5.41, 5.74) is -3.16. The van der Waals surface area contributed by atoms with E-state index in [2.05, 4.69) is 0 Å². The molecule has 0 aromatic heterocycles. The molecule has 2 saturated heterocycles. The van der Waals surface area contributed by atoms with Gasteiger partial charge in [-0.1, -0.05) is 19.1 Å². The van der Waals surface area contributed by atoms with E-state index < -0.39 is 60.0 Å². The maximum atomic E-state index is 12.0. The largest absolute Gasteiger partial charge is 0.394 e. The Morgan fingerprint density at radius 3 is 2.50 bits per heavy atom. The highest BCUT2D eigenvalue weighted by Crippen LogP contribution is 2.56. The zero-order valence-electron chi connectivity index (χ0n) is 16.3. The molecule has 0 radical (unpaired) electrons. The summed E-state index contributed by atoms with van der Waals surface area (Å²) in [6.45, 7) is 4.89. The molecule has 3 rings (SSSR count). The molecule has 9 atom stereocenters. The molecule has 2 bridgehead atoms. The first-order valence-electron chi connectivity index (χ1n) is 9.50. The lowest BCUT2D eigenvalue weighted by molar-refractivity contribution is -0.306. The number of aliphatic hydroxyl groups excluding tert-OH is 4. The van der Waals surface area contributed by atoms with Gasteiger partial charge in [-0.25, -0.2) is 0 Å². The van der Waals surface area contributed by atoms with Crippen molar-refractivity contribution in [3.63, 3.8) is 0 Å².